The molecule has 106 valence electrons. The van der Waals surface area contributed by atoms with Gasteiger partial charge in [-0.15, -0.1) is 0 Å². The molecule has 1 rings (SSSR count). The molecule has 0 saturated heterocycles. The van der Waals surface area contributed by atoms with Gasteiger partial charge in [-0.25, -0.2) is 4.98 Å². The fourth-order valence-electron chi connectivity index (χ4n) is 1.72. The Morgan fingerprint density at radius 2 is 2.37 bits per heavy atom. The highest BCUT2D eigenvalue weighted by Crippen LogP contribution is 2.23. The number of oxime groups is 1. The Bertz CT molecular complexity index is 443. The maximum absolute atomic E-state index is 12.3. The molecule has 1 heterocycles. The number of hydrogen-bond donors (Lipinski definition) is 4. The summed E-state index contributed by atoms with van der Waals surface area (Å²) in [6.45, 7) is 5.40. The van der Waals surface area contributed by atoms with E-state index in [1.165, 1.54) is 0 Å². The van der Waals surface area contributed by atoms with Crippen LogP contribution in [0, 0.1) is 5.41 Å². The van der Waals surface area contributed by atoms with E-state index in [4.69, 9.17) is 10.9 Å². The van der Waals surface area contributed by atoms with Crippen molar-refractivity contribution < 1.29 is 10.0 Å². The maximum atomic E-state index is 12.3. The molecule has 5 N–H and O–H groups in total. The topological polar surface area (TPSA) is 116 Å². The molecule has 0 saturated carbocycles. The van der Waals surface area contributed by atoms with Gasteiger partial charge >= 0.3 is 0 Å². The number of nitrogens with one attached hydrogen (secondary N) is 2. The van der Waals surface area contributed by atoms with Gasteiger partial charge in [-0.1, -0.05) is 19.0 Å². The quantitative estimate of drug-likeness (QED) is 0.267. The minimum absolute atomic E-state index is 0.0956. The molecule has 7 heteroatoms. The summed E-state index contributed by atoms with van der Waals surface area (Å²) >= 11 is 0. The molecule has 0 bridgehead atoms. The number of rotatable bonds is 6. The standard InChI is InChI=1S/C12H21N5O2/c1-4-8(9-14-6-7-15-9)16-11(18)12(3,5-2)10(13)17-19/h6-8,19H,4-5H2,1-3H3,(H2,13,17)(H,14,15)(H,16,18). The zero-order valence-corrected chi connectivity index (χ0v) is 11.5. The molecule has 1 amide bonds. The lowest BCUT2D eigenvalue weighted by Gasteiger charge is -2.27. The number of carbonyl (C=O) groups excluding carboxylic acids is 1. The van der Waals surface area contributed by atoms with Gasteiger partial charge in [0.25, 0.3) is 0 Å². The number of H-pyrrole nitrogens is 1. The average molecular weight is 267 g/mol. The van der Waals surface area contributed by atoms with E-state index in [1.807, 2.05) is 13.8 Å². The number of carbonyl (C=O) groups is 1. The van der Waals surface area contributed by atoms with E-state index < -0.39 is 5.41 Å². The first-order valence-electron chi connectivity index (χ1n) is 6.27. The van der Waals surface area contributed by atoms with Crippen LogP contribution in [-0.2, 0) is 4.79 Å². The average Bonchev–Trinajstić information content (AvgIpc) is 2.96. The number of imidazole rings is 1. The van der Waals surface area contributed by atoms with E-state index in [9.17, 15) is 4.79 Å². The second-order valence-corrected chi connectivity index (χ2v) is 4.58. The molecule has 0 spiro atoms. The summed E-state index contributed by atoms with van der Waals surface area (Å²) in [5, 5.41) is 14.6. The summed E-state index contributed by atoms with van der Waals surface area (Å²) in [6.07, 6.45) is 4.46. The Hall–Kier alpha value is -2.05. The Balaban J connectivity index is 2.88. The number of amides is 1. The number of aromatic amines is 1. The maximum Gasteiger partial charge on any atom is 0.234 e. The van der Waals surface area contributed by atoms with Crippen molar-refractivity contribution in [3.05, 3.63) is 18.2 Å². The highest BCUT2D eigenvalue weighted by Gasteiger charge is 2.37. The number of nitrogens with two attached hydrogens (primary N) is 1. The van der Waals surface area contributed by atoms with Crippen molar-refractivity contribution in [3.63, 3.8) is 0 Å². The predicted octanol–water partition coefficient (Wildman–Crippen LogP) is 1.14. The third-order valence-corrected chi connectivity index (χ3v) is 3.44. The fraction of sp³-hybridized carbons (Fsp3) is 0.583. The van der Waals surface area contributed by atoms with Crippen molar-refractivity contribution in [2.75, 3.05) is 0 Å². The number of hydrogen-bond acceptors (Lipinski definition) is 4. The van der Waals surface area contributed by atoms with Crippen molar-refractivity contribution in [2.45, 2.75) is 39.7 Å². The van der Waals surface area contributed by atoms with Gasteiger partial charge in [-0.3, -0.25) is 4.79 Å². The lowest BCUT2D eigenvalue weighted by molar-refractivity contribution is -0.128. The predicted molar refractivity (Wildman–Crippen MR) is 71.6 cm³/mol. The third-order valence-electron chi connectivity index (χ3n) is 3.44. The highest BCUT2D eigenvalue weighted by atomic mass is 16.4. The molecule has 7 nitrogen and oxygen atoms in total. The van der Waals surface area contributed by atoms with Crippen molar-refractivity contribution in [2.24, 2.45) is 16.3 Å². The largest absolute Gasteiger partial charge is 0.409 e. The molecule has 19 heavy (non-hydrogen) atoms. The second-order valence-electron chi connectivity index (χ2n) is 4.58. The van der Waals surface area contributed by atoms with E-state index in [2.05, 4.69) is 20.4 Å². The molecule has 1 aromatic rings. The number of amidine groups is 1. The van der Waals surface area contributed by atoms with E-state index in [0.29, 0.717) is 18.7 Å². The monoisotopic (exact) mass is 267 g/mol. The van der Waals surface area contributed by atoms with Crippen LogP contribution in [0.4, 0.5) is 0 Å². The molecular formula is C12H21N5O2. The van der Waals surface area contributed by atoms with E-state index in [-0.39, 0.29) is 17.8 Å². The normalized spacial score (nSPS) is 16.7. The van der Waals surface area contributed by atoms with Crippen LogP contribution in [0.5, 0.6) is 0 Å². The van der Waals surface area contributed by atoms with Crippen LogP contribution < -0.4 is 11.1 Å². The fourth-order valence-corrected chi connectivity index (χ4v) is 1.72. The van der Waals surface area contributed by atoms with E-state index in [1.54, 1.807) is 19.3 Å². The summed E-state index contributed by atoms with van der Waals surface area (Å²) in [5.74, 6) is 0.309. The molecule has 0 aromatic carbocycles. The van der Waals surface area contributed by atoms with Gasteiger partial charge in [0.05, 0.1) is 6.04 Å². The van der Waals surface area contributed by atoms with Gasteiger partial charge in [0.1, 0.15) is 11.2 Å². The molecular weight excluding hydrogens is 246 g/mol. The molecule has 0 aliphatic heterocycles. The molecule has 1 aromatic heterocycles. The van der Waals surface area contributed by atoms with Crippen LogP contribution in [0.25, 0.3) is 0 Å². The smallest absolute Gasteiger partial charge is 0.234 e. The first-order valence-corrected chi connectivity index (χ1v) is 6.27. The summed E-state index contributed by atoms with van der Waals surface area (Å²) in [4.78, 5) is 19.4. The van der Waals surface area contributed by atoms with Crippen LogP contribution in [-0.4, -0.2) is 26.9 Å². The van der Waals surface area contributed by atoms with Gasteiger partial charge < -0.3 is 21.2 Å². The first kappa shape index (κ1) is 15.0. The Labute approximate surface area is 112 Å². The zero-order valence-electron chi connectivity index (χ0n) is 11.5. The summed E-state index contributed by atoms with van der Waals surface area (Å²) in [5.41, 5.74) is 4.58. The van der Waals surface area contributed by atoms with E-state index >= 15 is 0 Å². The van der Waals surface area contributed by atoms with Crippen LogP contribution in [0.1, 0.15) is 45.5 Å². The van der Waals surface area contributed by atoms with E-state index in [0.717, 1.165) is 0 Å². The Morgan fingerprint density at radius 1 is 1.68 bits per heavy atom. The zero-order chi connectivity index (χ0) is 14.5. The van der Waals surface area contributed by atoms with Crippen molar-refractivity contribution in [1.29, 1.82) is 0 Å². The molecule has 2 unspecified atom stereocenters. The minimum Gasteiger partial charge on any atom is -0.409 e. The minimum atomic E-state index is -1.03. The van der Waals surface area contributed by atoms with Crippen LogP contribution in [0.3, 0.4) is 0 Å². The van der Waals surface area contributed by atoms with Crippen molar-refractivity contribution in [1.82, 2.24) is 15.3 Å². The summed E-state index contributed by atoms with van der Waals surface area (Å²) in [7, 11) is 0. The molecule has 2 atom stereocenters. The number of nitrogens with zero attached hydrogens (tertiary/aromatic N) is 2. The molecule has 0 fully saturated rings. The van der Waals surface area contributed by atoms with Crippen LogP contribution >= 0.6 is 0 Å². The summed E-state index contributed by atoms with van der Waals surface area (Å²) in [6, 6.07) is -0.222. The van der Waals surface area contributed by atoms with Gasteiger partial charge in [0.2, 0.25) is 5.91 Å². The number of aromatic nitrogens is 2. The first-order chi connectivity index (χ1) is 8.99. The van der Waals surface area contributed by atoms with Gasteiger partial charge in [-0.2, -0.15) is 0 Å². The second kappa shape index (κ2) is 6.21. The van der Waals surface area contributed by atoms with Crippen LogP contribution in [0.2, 0.25) is 0 Å². The lowest BCUT2D eigenvalue weighted by atomic mass is 9.85. The van der Waals surface area contributed by atoms with Crippen molar-refractivity contribution in [3.8, 4) is 0 Å². The van der Waals surface area contributed by atoms with Gasteiger partial charge in [0, 0.05) is 12.4 Å². The lowest BCUT2D eigenvalue weighted by Crippen LogP contribution is -2.48. The van der Waals surface area contributed by atoms with Crippen LogP contribution in [0.15, 0.2) is 17.5 Å². The molecule has 0 aliphatic rings. The van der Waals surface area contributed by atoms with Gasteiger partial charge in [0.15, 0.2) is 5.84 Å². The molecule has 0 radical (unpaired) electrons. The summed E-state index contributed by atoms with van der Waals surface area (Å²) < 4.78 is 0. The highest BCUT2D eigenvalue weighted by molar-refractivity contribution is 6.06. The third kappa shape index (κ3) is 3.04. The molecule has 0 aliphatic carbocycles. The Kier molecular flexibility index (Phi) is 4.91. The van der Waals surface area contributed by atoms with Crippen molar-refractivity contribution >= 4 is 11.7 Å². The van der Waals surface area contributed by atoms with Gasteiger partial charge in [-0.05, 0) is 19.8 Å². The Morgan fingerprint density at radius 3 is 2.79 bits per heavy atom. The SMILES string of the molecule is CCC(NC(=O)C(C)(CC)/C(N)=N/O)c1ncc[nH]1.